The van der Waals surface area contributed by atoms with Gasteiger partial charge in [0, 0.05) is 36.8 Å². The minimum Gasteiger partial charge on any atom is -0.342 e. The lowest BCUT2D eigenvalue weighted by Crippen LogP contribution is -2.43. The number of amides is 1. The van der Waals surface area contributed by atoms with Gasteiger partial charge in [0.05, 0.1) is 6.33 Å². The lowest BCUT2D eigenvalue weighted by atomic mass is 9.82. The van der Waals surface area contributed by atoms with Crippen LogP contribution in [0.5, 0.6) is 0 Å². The van der Waals surface area contributed by atoms with Crippen LogP contribution in [0.2, 0.25) is 0 Å². The Balaban J connectivity index is 1.53. The maximum atomic E-state index is 12.7. The summed E-state index contributed by atoms with van der Waals surface area (Å²) in [5.74, 6) is 1.85. The maximum absolute atomic E-state index is 12.7. The molecule has 1 amide bonds. The van der Waals surface area contributed by atoms with E-state index < -0.39 is 0 Å². The number of rotatable bonds is 3. The second-order valence-corrected chi connectivity index (χ2v) is 8.14. The van der Waals surface area contributed by atoms with Crippen LogP contribution in [0.3, 0.4) is 0 Å². The van der Waals surface area contributed by atoms with Crippen LogP contribution in [-0.4, -0.2) is 33.4 Å². The van der Waals surface area contributed by atoms with Gasteiger partial charge in [-0.1, -0.05) is 6.92 Å². The average Bonchev–Trinajstić information content (AvgIpc) is 2.63. The molecular formula is C20H31N3O2. The molecule has 3 rings (SSSR count). The standard InChI is InChI=1S/C20H31N3O2/c1-14-4-6-18(7-5-14)20(25)22-10-8-17(9-11-22)12-23-13-21-16(3)15(2)19(23)24/h13-14,17-18H,4-12H2,1-3H3. The van der Waals surface area contributed by atoms with Crippen molar-refractivity contribution in [1.82, 2.24) is 14.5 Å². The van der Waals surface area contributed by atoms with Gasteiger partial charge in [-0.2, -0.15) is 0 Å². The van der Waals surface area contributed by atoms with Crippen LogP contribution in [0.1, 0.15) is 56.7 Å². The highest BCUT2D eigenvalue weighted by atomic mass is 16.2. The Hall–Kier alpha value is -1.65. The Morgan fingerprint density at radius 3 is 2.40 bits per heavy atom. The van der Waals surface area contributed by atoms with Crippen LogP contribution in [0, 0.1) is 31.6 Å². The van der Waals surface area contributed by atoms with Crippen LogP contribution >= 0.6 is 0 Å². The lowest BCUT2D eigenvalue weighted by Gasteiger charge is -2.36. The third-order valence-corrected chi connectivity index (χ3v) is 6.26. The fourth-order valence-electron chi connectivity index (χ4n) is 4.19. The molecule has 1 aliphatic heterocycles. The number of hydrogen-bond donors (Lipinski definition) is 0. The molecule has 1 saturated heterocycles. The van der Waals surface area contributed by atoms with Crippen molar-refractivity contribution in [3.8, 4) is 0 Å². The van der Waals surface area contributed by atoms with Gasteiger partial charge in [0.1, 0.15) is 0 Å². The van der Waals surface area contributed by atoms with E-state index in [0.29, 0.717) is 11.8 Å². The molecule has 1 saturated carbocycles. The van der Waals surface area contributed by atoms with E-state index in [2.05, 4.69) is 16.8 Å². The summed E-state index contributed by atoms with van der Waals surface area (Å²) in [7, 11) is 0. The van der Waals surface area contributed by atoms with E-state index in [1.54, 1.807) is 10.9 Å². The molecule has 2 aliphatic rings. The van der Waals surface area contributed by atoms with Gasteiger partial charge in [0.2, 0.25) is 5.91 Å². The summed E-state index contributed by atoms with van der Waals surface area (Å²) in [4.78, 5) is 31.4. The Morgan fingerprint density at radius 2 is 1.76 bits per heavy atom. The first-order valence-electron chi connectivity index (χ1n) is 9.77. The van der Waals surface area contributed by atoms with E-state index >= 15 is 0 Å². The second kappa shape index (κ2) is 7.71. The Labute approximate surface area is 150 Å². The summed E-state index contributed by atoms with van der Waals surface area (Å²) in [5.41, 5.74) is 1.62. The molecule has 0 unspecified atom stereocenters. The Kier molecular flexibility index (Phi) is 5.60. The molecule has 25 heavy (non-hydrogen) atoms. The van der Waals surface area contributed by atoms with Crippen molar-refractivity contribution < 1.29 is 4.79 Å². The van der Waals surface area contributed by atoms with Crippen molar-refractivity contribution in [2.24, 2.45) is 17.8 Å². The second-order valence-electron chi connectivity index (χ2n) is 8.14. The van der Waals surface area contributed by atoms with E-state index in [9.17, 15) is 9.59 Å². The van der Waals surface area contributed by atoms with Crippen molar-refractivity contribution in [3.05, 3.63) is 27.9 Å². The summed E-state index contributed by atoms with van der Waals surface area (Å²) >= 11 is 0. The topological polar surface area (TPSA) is 55.2 Å². The van der Waals surface area contributed by atoms with Crippen molar-refractivity contribution in [3.63, 3.8) is 0 Å². The van der Waals surface area contributed by atoms with Gasteiger partial charge in [-0.15, -0.1) is 0 Å². The van der Waals surface area contributed by atoms with Crippen LogP contribution in [0.25, 0.3) is 0 Å². The number of likely N-dealkylation sites (tertiary alicyclic amines) is 1. The monoisotopic (exact) mass is 345 g/mol. The zero-order valence-electron chi connectivity index (χ0n) is 15.8. The molecule has 2 fully saturated rings. The van der Waals surface area contributed by atoms with Crippen molar-refractivity contribution in [2.75, 3.05) is 13.1 Å². The molecule has 5 nitrogen and oxygen atoms in total. The molecule has 1 aromatic rings. The van der Waals surface area contributed by atoms with Gasteiger partial charge in [-0.3, -0.25) is 14.2 Å². The minimum absolute atomic E-state index is 0.0716. The van der Waals surface area contributed by atoms with Gasteiger partial charge in [0.25, 0.3) is 5.56 Å². The smallest absolute Gasteiger partial charge is 0.256 e. The molecule has 1 aliphatic carbocycles. The zero-order chi connectivity index (χ0) is 18.0. The third-order valence-electron chi connectivity index (χ3n) is 6.26. The SMILES string of the molecule is Cc1ncn(CC2CCN(C(=O)C3CCC(C)CC3)CC2)c(=O)c1C. The Bertz CT molecular complexity index is 666. The van der Waals surface area contributed by atoms with Crippen molar-refractivity contribution in [1.29, 1.82) is 0 Å². The van der Waals surface area contributed by atoms with Crippen molar-refractivity contribution >= 4 is 5.91 Å². The highest BCUT2D eigenvalue weighted by Gasteiger charge is 2.30. The summed E-state index contributed by atoms with van der Waals surface area (Å²) in [5, 5.41) is 0. The maximum Gasteiger partial charge on any atom is 0.256 e. The molecular weight excluding hydrogens is 314 g/mol. The van der Waals surface area contributed by atoms with E-state index in [4.69, 9.17) is 0 Å². The van der Waals surface area contributed by atoms with Gasteiger partial charge in [0.15, 0.2) is 0 Å². The van der Waals surface area contributed by atoms with Gasteiger partial charge in [-0.25, -0.2) is 4.98 Å². The number of hydrogen-bond acceptors (Lipinski definition) is 3. The summed E-state index contributed by atoms with van der Waals surface area (Å²) in [6.45, 7) is 8.39. The molecule has 138 valence electrons. The lowest BCUT2D eigenvalue weighted by molar-refractivity contribution is -0.138. The van der Waals surface area contributed by atoms with E-state index in [-0.39, 0.29) is 11.5 Å². The van der Waals surface area contributed by atoms with Crippen molar-refractivity contribution in [2.45, 2.75) is 65.8 Å². The number of nitrogens with zero attached hydrogens (tertiary/aromatic N) is 3. The largest absolute Gasteiger partial charge is 0.342 e. The van der Waals surface area contributed by atoms with E-state index in [1.807, 2.05) is 13.8 Å². The van der Waals surface area contributed by atoms with Crippen LogP contribution in [-0.2, 0) is 11.3 Å². The number of carbonyl (C=O) groups excluding carboxylic acids is 1. The number of piperidine rings is 1. The molecule has 5 heteroatoms. The molecule has 0 atom stereocenters. The summed E-state index contributed by atoms with van der Waals surface area (Å²) in [6.07, 6.45) is 8.13. The Morgan fingerprint density at radius 1 is 1.12 bits per heavy atom. The highest BCUT2D eigenvalue weighted by molar-refractivity contribution is 5.79. The number of aryl methyl sites for hydroxylation is 1. The predicted octanol–water partition coefficient (Wildman–Crippen LogP) is 2.93. The molecule has 0 N–H and O–H groups in total. The summed E-state index contributed by atoms with van der Waals surface area (Å²) < 4.78 is 1.74. The highest BCUT2D eigenvalue weighted by Crippen LogP contribution is 2.30. The number of carbonyl (C=O) groups is 1. The molecule has 0 spiro atoms. The fourth-order valence-corrected chi connectivity index (χ4v) is 4.19. The first kappa shape index (κ1) is 18.2. The fraction of sp³-hybridized carbons (Fsp3) is 0.750. The average molecular weight is 345 g/mol. The quantitative estimate of drug-likeness (QED) is 0.846. The minimum atomic E-state index is 0.0716. The summed E-state index contributed by atoms with van der Waals surface area (Å²) in [6, 6.07) is 0. The van der Waals surface area contributed by atoms with Gasteiger partial charge >= 0.3 is 0 Å². The molecule has 0 aromatic carbocycles. The first-order valence-corrected chi connectivity index (χ1v) is 9.77. The molecule has 2 heterocycles. The van der Waals surface area contributed by atoms with E-state index in [1.165, 1.54) is 12.8 Å². The molecule has 0 radical (unpaired) electrons. The third kappa shape index (κ3) is 4.13. The number of aromatic nitrogens is 2. The van der Waals surface area contributed by atoms with Gasteiger partial charge < -0.3 is 4.90 Å². The molecule has 1 aromatic heterocycles. The van der Waals surface area contributed by atoms with Gasteiger partial charge in [-0.05, 0) is 64.2 Å². The molecule has 0 bridgehead atoms. The van der Waals surface area contributed by atoms with Crippen LogP contribution in [0.15, 0.2) is 11.1 Å². The van der Waals surface area contributed by atoms with Crippen LogP contribution in [0.4, 0.5) is 0 Å². The van der Waals surface area contributed by atoms with Crippen LogP contribution < -0.4 is 5.56 Å². The van der Waals surface area contributed by atoms with E-state index in [0.717, 1.165) is 62.5 Å². The normalized spacial score (nSPS) is 25.2. The predicted molar refractivity (Wildman–Crippen MR) is 98.4 cm³/mol. The first-order chi connectivity index (χ1) is 12.0. The zero-order valence-corrected chi connectivity index (χ0v) is 15.8.